The lowest BCUT2D eigenvalue weighted by Crippen LogP contribution is -2.25. The van der Waals surface area contributed by atoms with Crippen LogP contribution in [-0.4, -0.2) is 48.3 Å². The fourth-order valence-electron chi connectivity index (χ4n) is 1.73. The fourth-order valence-corrected chi connectivity index (χ4v) is 1.73. The summed E-state index contributed by atoms with van der Waals surface area (Å²) in [7, 11) is 3.70. The standard InChI is InChI=1S/C6H11NO.C5H9NO/c1-5-3-4-6(8)7(5)2;1-6-4-2-3-5(6)7/h5H,3-4H2,1-2H3;2-4H2,1H3. The summed E-state index contributed by atoms with van der Waals surface area (Å²) in [5.74, 6) is 0.581. The minimum Gasteiger partial charge on any atom is -0.346 e. The number of nitrogens with zero attached hydrogens (tertiary/aromatic N) is 2. The molecule has 4 nitrogen and oxygen atoms in total. The van der Waals surface area contributed by atoms with Crippen LogP contribution in [-0.2, 0) is 9.59 Å². The summed E-state index contributed by atoms with van der Waals surface area (Å²) in [6.45, 7) is 3.03. The maximum Gasteiger partial charge on any atom is 0.222 e. The monoisotopic (exact) mass is 212 g/mol. The Balaban J connectivity index is 0.000000151. The maximum atomic E-state index is 10.7. The van der Waals surface area contributed by atoms with Gasteiger partial charge in [-0.05, 0) is 19.8 Å². The van der Waals surface area contributed by atoms with Crippen LogP contribution in [0.2, 0.25) is 0 Å². The average Bonchev–Trinajstić information content (AvgIpc) is 2.70. The van der Waals surface area contributed by atoms with E-state index in [-0.39, 0.29) is 5.91 Å². The van der Waals surface area contributed by atoms with Gasteiger partial charge in [0.05, 0.1) is 0 Å². The van der Waals surface area contributed by atoms with Gasteiger partial charge in [0.15, 0.2) is 0 Å². The smallest absolute Gasteiger partial charge is 0.222 e. The fraction of sp³-hybridized carbons (Fsp3) is 0.818. The second kappa shape index (κ2) is 5.14. The molecule has 0 bridgehead atoms. The zero-order valence-electron chi connectivity index (χ0n) is 9.82. The highest BCUT2D eigenvalue weighted by Gasteiger charge is 2.22. The Bertz CT molecular complexity index is 253. The normalized spacial score (nSPS) is 25.7. The molecule has 4 heteroatoms. The first kappa shape index (κ1) is 12.0. The van der Waals surface area contributed by atoms with E-state index in [2.05, 4.69) is 6.92 Å². The first-order chi connectivity index (χ1) is 7.02. The molecule has 0 aliphatic carbocycles. The molecule has 0 aromatic heterocycles. The molecule has 0 radical (unpaired) electrons. The molecule has 2 saturated heterocycles. The summed E-state index contributed by atoms with van der Waals surface area (Å²) in [5.41, 5.74) is 0. The van der Waals surface area contributed by atoms with Crippen molar-refractivity contribution in [2.24, 2.45) is 0 Å². The molecule has 15 heavy (non-hydrogen) atoms. The van der Waals surface area contributed by atoms with Crippen LogP contribution in [0.1, 0.15) is 32.6 Å². The molecule has 2 aliphatic rings. The zero-order chi connectivity index (χ0) is 11.4. The van der Waals surface area contributed by atoms with Crippen molar-refractivity contribution in [1.29, 1.82) is 0 Å². The first-order valence-corrected chi connectivity index (χ1v) is 5.52. The largest absolute Gasteiger partial charge is 0.346 e. The summed E-state index contributed by atoms with van der Waals surface area (Å²) in [5, 5.41) is 0. The topological polar surface area (TPSA) is 40.6 Å². The molecule has 2 heterocycles. The number of hydrogen-bond acceptors (Lipinski definition) is 2. The van der Waals surface area contributed by atoms with Crippen LogP contribution in [0, 0.1) is 0 Å². The van der Waals surface area contributed by atoms with E-state index < -0.39 is 0 Å². The van der Waals surface area contributed by atoms with Crippen LogP contribution in [0.3, 0.4) is 0 Å². The molecule has 1 unspecified atom stereocenters. The van der Waals surface area contributed by atoms with Gasteiger partial charge in [0, 0.05) is 39.5 Å². The average molecular weight is 212 g/mol. The van der Waals surface area contributed by atoms with E-state index >= 15 is 0 Å². The molecule has 2 amide bonds. The van der Waals surface area contributed by atoms with Gasteiger partial charge < -0.3 is 9.80 Å². The molecular formula is C11H20N2O2. The molecule has 2 rings (SSSR count). The molecule has 0 aromatic carbocycles. The van der Waals surface area contributed by atoms with E-state index in [9.17, 15) is 9.59 Å². The Morgan fingerprint density at radius 2 is 1.80 bits per heavy atom. The van der Waals surface area contributed by atoms with Gasteiger partial charge in [0.2, 0.25) is 11.8 Å². The highest BCUT2D eigenvalue weighted by Crippen LogP contribution is 2.14. The predicted octanol–water partition coefficient (Wildman–Crippen LogP) is 0.866. The van der Waals surface area contributed by atoms with Gasteiger partial charge in [-0.3, -0.25) is 9.59 Å². The van der Waals surface area contributed by atoms with E-state index in [1.807, 2.05) is 14.1 Å². The predicted molar refractivity (Wildman–Crippen MR) is 58.3 cm³/mol. The quantitative estimate of drug-likeness (QED) is 0.597. The van der Waals surface area contributed by atoms with E-state index in [0.29, 0.717) is 11.9 Å². The number of carbonyl (C=O) groups excluding carboxylic acids is 2. The highest BCUT2D eigenvalue weighted by atomic mass is 16.2. The van der Waals surface area contributed by atoms with Crippen molar-refractivity contribution in [3.05, 3.63) is 0 Å². The molecule has 2 fully saturated rings. The maximum absolute atomic E-state index is 10.7. The summed E-state index contributed by atoms with van der Waals surface area (Å²) in [4.78, 5) is 24.8. The summed E-state index contributed by atoms with van der Waals surface area (Å²) < 4.78 is 0. The van der Waals surface area contributed by atoms with Crippen molar-refractivity contribution < 1.29 is 9.59 Å². The van der Waals surface area contributed by atoms with Gasteiger partial charge in [-0.15, -0.1) is 0 Å². The Morgan fingerprint density at radius 3 is 1.93 bits per heavy atom. The number of rotatable bonds is 0. The Hall–Kier alpha value is -1.06. The Kier molecular flexibility index (Phi) is 4.12. The molecule has 0 N–H and O–H groups in total. The van der Waals surface area contributed by atoms with Crippen molar-refractivity contribution in [3.8, 4) is 0 Å². The first-order valence-electron chi connectivity index (χ1n) is 5.52. The summed E-state index contributed by atoms with van der Waals surface area (Å²) in [6.07, 6.45) is 3.60. The van der Waals surface area contributed by atoms with Crippen LogP contribution < -0.4 is 0 Å². The third kappa shape index (κ3) is 3.22. The van der Waals surface area contributed by atoms with Crippen molar-refractivity contribution in [3.63, 3.8) is 0 Å². The summed E-state index contributed by atoms with van der Waals surface area (Å²) in [6, 6.07) is 0.475. The number of likely N-dealkylation sites (tertiary alicyclic amines) is 2. The van der Waals surface area contributed by atoms with Gasteiger partial charge in [0.25, 0.3) is 0 Å². The third-order valence-electron chi connectivity index (χ3n) is 3.14. The van der Waals surface area contributed by atoms with Gasteiger partial charge in [-0.2, -0.15) is 0 Å². The van der Waals surface area contributed by atoms with E-state index in [1.54, 1.807) is 9.80 Å². The summed E-state index contributed by atoms with van der Waals surface area (Å²) >= 11 is 0. The number of amides is 2. The molecule has 0 spiro atoms. The van der Waals surface area contributed by atoms with Crippen molar-refractivity contribution in [2.75, 3.05) is 20.6 Å². The number of carbonyl (C=O) groups is 2. The van der Waals surface area contributed by atoms with Crippen LogP contribution in [0.5, 0.6) is 0 Å². The zero-order valence-corrected chi connectivity index (χ0v) is 9.82. The lowest BCUT2D eigenvalue weighted by Gasteiger charge is -2.13. The van der Waals surface area contributed by atoms with Crippen molar-refractivity contribution >= 4 is 11.8 Å². The molecule has 1 atom stereocenters. The van der Waals surface area contributed by atoms with E-state index in [0.717, 1.165) is 32.2 Å². The van der Waals surface area contributed by atoms with Crippen molar-refractivity contribution in [1.82, 2.24) is 9.80 Å². The molecule has 2 aliphatic heterocycles. The van der Waals surface area contributed by atoms with E-state index in [1.165, 1.54) is 0 Å². The molecule has 0 saturated carbocycles. The van der Waals surface area contributed by atoms with Gasteiger partial charge in [-0.1, -0.05) is 0 Å². The van der Waals surface area contributed by atoms with Gasteiger partial charge in [0.1, 0.15) is 0 Å². The molecule has 86 valence electrons. The second-order valence-electron chi connectivity index (χ2n) is 4.31. The van der Waals surface area contributed by atoms with Crippen LogP contribution in [0.25, 0.3) is 0 Å². The van der Waals surface area contributed by atoms with Crippen molar-refractivity contribution in [2.45, 2.75) is 38.6 Å². The number of hydrogen-bond donors (Lipinski definition) is 0. The lowest BCUT2D eigenvalue weighted by molar-refractivity contribution is -0.127. The minimum atomic E-state index is 0.289. The van der Waals surface area contributed by atoms with Crippen LogP contribution >= 0.6 is 0 Å². The Morgan fingerprint density at radius 1 is 1.13 bits per heavy atom. The van der Waals surface area contributed by atoms with Crippen LogP contribution in [0.4, 0.5) is 0 Å². The molecular weight excluding hydrogens is 192 g/mol. The van der Waals surface area contributed by atoms with Gasteiger partial charge >= 0.3 is 0 Å². The minimum absolute atomic E-state index is 0.289. The molecule has 0 aromatic rings. The SMILES string of the molecule is CC1CCC(=O)N1C.CN1CCCC1=O. The second-order valence-corrected chi connectivity index (χ2v) is 4.31. The van der Waals surface area contributed by atoms with Gasteiger partial charge in [-0.25, -0.2) is 0 Å². The highest BCUT2D eigenvalue weighted by molar-refractivity contribution is 5.78. The third-order valence-corrected chi connectivity index (χ3v) is 3.14. The van der Waals surface area contributed by atoms with E-state index in [4.69, 9.17) is 0 Å². The lowest BCUT2D eigenvalue weighted by atomic mass is 10.2. The Labute approximate surface area is 91.2 Å². The van der Waals surface area contributed by atoms with Crippen LogP contribution in [0.15, 0.2) is 0 Å².